The van der Waals surface area contributed by atoms with Crippen LogP contribution < -0.4 is 0 Å². The standard InChI is InChI=1S/C11H9Cl2N3O2/c12-9-7-3-4-16(10(7)15-11(13)14-9)8-2-1-6(5-17)18-8/h3-6,8H,1-2H2/t6-,8?/m0/s1. The van der Waals surface area contributed by atoms with Gasteiger partial charge in [-0.25, -0.2) is 4.98 Å². The van der Waals surface area contributed by atoms with Crippen molar-refractivity contribution in [2.45, 2.75) is 25.2 Å². The van der Waals surface area contributed by atoms with E-state index >= 15 is 0 Å². The van der Waals surface area contributed by atoms with E-state index in [1.54, 1.807) is 0 Å². The minimum atomic E-state index is -0.347. The van der Waals surface area contributed by atoms with Crippen molar-refractivity contribution in [2.75, 3.05) is 0 Å². The van der Waals surface area contributed by atoms with Gasteiger partial charge in [-0.15, -0.1) is 0 Å². The predicted molar refractivity (Wildman–Crippen MR) is 66.8 cm³/mol. The molecule has 3 rings (SSSR count). The number of aromatic nitrogens is 3. The molecule has 7 heteroatoms. The van der Waals surface area contributed by atoms with E-state index in [4.69, 9.17) is 27.9 Å². The second kappa shape index (κ2) is 4.50. The van der Waals surface area contributed by atoms with E-state index in [0.29, 0.717) is 17.2 Å². The SMILES string of the molecule is O=C[C@@H]1CCC(n2ccc3c(Cl)nc(Cl)nc32)O1. The number of ether oxygens (including phenoxy) is 1. The molecule has 3 heterocycles. The van der Waals surface area contributed by atoms with Gasteiger partial charge in [-0.05, 0) is 30.5 Å². The Morgan fingerprint density at radius 1 is 1.39 bits per heavy atom. The molecule has 2 aromatic rings. The maximum absolute atomic E-state index is 10.7. The van der Waals surface area contributed by atoms with Gasteiger partial charge in [0.1, 0.15) is 29.4 Å². The zero-order chi connectivity index (χ0) is 12.7. The van der Waals surface area contributed by atoms with Crippen LogP contribution in [-0.4, -0.2) is 26.9 Å². The summed E-state index contributed by atoms with van der Waals surface area (Å²) in [5.41, 5.74) is 0.622. The summed E-state index contributed by atoms with van der Waals surface area (Å²) in [5.74, 6) is 0. The Bertz CT molecular complexity index is 614. The van der Waals surface area contributed by atoms with Crippen molar-refractivity contribution in [3.63, 3.8) is 0 Å². The largest absolute Gasteiger partial charge is 0.347 e. The zero-order valence-corrected chi connectivity index (χ0v) is 10.7. The molecule has 2 atom stereocenters. The third-order valence-corrected chi connectivity index (χ3v) is 3.45. The number of rotatable bonds is 2. The fourth-order valence-corrected chi connectivity index (χ4v) is 2.59. The van der Waals surface area contributed by atoms with E-state index in [0.717, 1.165) is 18.1 Å². The van der Waals surface area contributed by atoms with Crippen LogP contribution in [0.1, 0.15) is 19.1 Å². The van der Waals surface area contributed by atoms with Crippen LogP contribution in [0.25, 0.3) is 11.0 Å². The van der Waals surface area contributed by atoms with Crippen molar-refractivity contribution in [1.29, 1.82) is 0 Å². The monoisotopic (exact) mass is 285 g/mol. The van der Waals surface area contributed by atoms with Crippen molar-refractivity contribution >= 4 is 40.5 Å². The number of nitrogens with zero attached hydrogens (tertiary/aromatic N) is 3. The molecular formula is C11H9Cl2N3O2. The first-order valence-electron chi connectivity index (χ1n) is 5.49. The van der Waals surface area contributed by atoms with Crippen LogP contribution >= 0.6 is 23.2 Å². The van der Waals surface area contributed by atoms with Crippen LogP contribution in [0.2, 0.25) is 10.4 Å². The van der Waals surface area contributed by atoms with Gasteiger partial charge in [-0.1, -0.05) is 11.6 Å². The molecule has 5 nitrogen and oxygen atoms in total. The zero-order valence-electron chi connectivity index (χ0n) is 9.22. The highest BCUT2D eigenvalue weighted by Gasteiger charge is 2.27. The van der Waals surface area contributed by atoms with Gasteiger partial charge < -0.3 is 14.1 Å². The van der Waals surface area contributed by atoms with Gasteiger partial charge in [-0.3, -0.25) is 0 Å². The van der Waals surface area contributed by atoms with Crippen LogP contribution in [0.5, 0.6) is 0 Å². The van der Waals surface area contributed by atoms with Gasteiger partial charge in [-0.2, -0.15) is 4.98 Å². The molecule has 1 saturated heterocycles. The molecule has 18 heavy (non-hydrogen) atoms. The Labute approximate surface area is 113 Å². The molecule has 2 aromatic heterocycles. The van der Waals surface area contributed by atoms with Crippen LogP contribution in [0, 0.1) is 0 Å². The third kappa shape index (κ3) is 1.88. The van der Waals surface area contributed by atoms with Crippen molar-refractivity contribution in [3.05, 3.63) is 22.7 Å². The second-order valence-corrected chi connectivity index (χ2v) is 4.78. The molecule has 1 aliphatic heterocycles. The lowest BCUT2D eigenvalue weighted by molar-refractivity contribution is -0.119. The van der Waals surface area contributed by atoms with Crippen molar-refractivity contribution in [3.8, 4) is 0 Å². The Hall–Kier alpha value is -1.17. The Morgan fingerprint density at radius 2 is 2.22 bits per heavy atom. The van der Waals surface area contributed by atoms with E-state index in [1.165, 1.54) is 0 Å². The lowest BCUT2D eigenvalue weighted by Gasteiger charge is -2.13. The first-order chi connectivity index (χ1) is 8.69. The Balaban J connectivity index is 2.05. The maximum atomic E-state index is 10.7. The van der Waals surface area contributed by atoms with Gasteiger partial charge in [0.25, 0.3) is 0 Å². The maximum Gasteiger partial charge on any atom is 0.225 e. The summed E-state index contributed by atoms with van der Waals surface area (Å²) in [7, 11) is 0. The number of hydrogen-bond acceptors (Lipinski definition) is 4. The number of hydrogen-bond donors (Lipinski definition) is 0. The molecule has 0 aromatic carbocycles. The van der Waals surface area contributed by atoms with E-state index in [-0.39, 0.29) is 17.6 Å². The molecule has 0 saturated carbocycles. The summed E-state index contributed by atoms with van der Waals surface area (Å²) in [6.07, 6.45) is 3.55. The summed E-state index contributed by atoms with van der Waals surface area (Å²) in [6.45, 7) is 0. The molecular weight excluding hydrogens is 277 g/mol. The quantitative estimate of drug-likeness (QED) is 0.484. The normalized spacial score (nSPS) is 23.7. The number of fused-ring (bicyclic) bond motifs is 1. The van der Waals surface area contributed by atoms with Gasteiger partial charge in [0, 0.05) is 6.20 Å². The van der Waals surface area contributed by atoms with Gasteiger partial charge in [0.05, 0.1) is 5.39 Å². The lowest BCUT2D eigenvalue weighted by atomic mass is 10.2. The molecule has 1 fully saturated rings. The molecule has 94 valence electrons. The summed E-state index contributed by atoms with van der Waals surface area (Å²) in [5, 5.41) is 1.13. The second-order valence-electron chi connectivity index (χ2n) is 4.09. The lowest BCUT2D eigenvalue weighted by Crippen LogP contribution is -2.11. The topological polar surface area (TPSA) is 57.0 Å². The average Bonchev–Trinajstić information content (AvgIpc) is 2.93. The first-order valence-corrected chi connectivity index (χ1v) is 6.25. The third-order valence-electron chi connectivity index (χ3n) is 2.99. The van der Waals surface area contributed by atoms with Crippen molar-refractivity contribution in [2.24, 2.45) is 0 Å². The van der Waals surface area contributed by atoms with Gasteiger partial charge in [0.15, 0.2) is 0 Å². The van der Waals surface area contributed by atoms with Crippen LogP contribution in [0.4, 0.5) is 0 Å². The van der Waals surface area contributed by atoms with Crippen molar-refractivity contribution < 1.29 is 9.53 Å². The summed E-state index contributed by atoms with van der Waals surface area (Å²) < 4.78 is 7.42. The molecule has 0 spiro atoms. The van der Waals surface area contributed by atoms with Crippen LogP contribution in [0.3, 0.4) is 0 Å². The summed E-state index contributed by atoms with van der Waals surface area (Å²) >= 11 is 11.8. The van der Waals surface area contributed by atoms with Crippen LogP contribution in [-0.2, 0) is 9.53 Å². The average molecular weight is 286 g/mol. The van der Waals surface area contributed by atoms with Crippen LogP contribution in [0.15, 0.2) is 12.3 Å². The van der Waals surface area contributed by atoms with E-state index in [1.807, 2.05) is 16.8 Å². The summed E-state index contributed by atoms with van der Waals surface area (Å²) in [6, 6.07) is 1.81. The van der Waals surface area contributed by atoms with E-state index < -0.39 is 0 Å². The summed E-state index contributed by atoms with van der Waals surface area (Å²) in [4.78, 5) is 18.7. The Morgan fingerprint density at radius 3 is 2.94 bits per heavy atom. The van der Waals surface area contributed by atoms with E-state index in [9.17, 15) is 4.79 Å². The number of carbonyl (C=O) groups is 1. The van der Waals surface area contributed by atoms with Gasteiger partial charge >= 0.3 is 0 Å². The molecule has 0 aliphatic carbocycles. The molecule has 1 aliphatic rings. The number of carbonyl (C=O) groups excluding carboxylic acids is 1. The first kappa shape index (κ1) is 11.9. The van der Waals surface area contributed by atoms with Crippen molar-refractivity contribution in [1.82, 2.24) is 14.5 Å². The minimum absolute atomic E-state index is 0.0948. The molecule has 0 amide bonds. The Kier molecular flexibility index (Phi) is 2.97. The van der Waals surface area contributed by atoms with Gasteiger partial charge in [0.2, 0.25) is 5.28 Å². The number of aldehydes is 1. The molecule has 0 radical (unpaired) electrons. The fourth-order valence-electron chi connectivity index (χ4n) is 2.15. The molecule has 0 bridgehead atoms. The highest BCUT2D eigenvalue weighted by molar-refractivity contribution is 6.35. The minimum Gasteiger partial charge on any atom is -0.347 e. The fraction of sp³-hybridized carbons (Fsp3) is 0.364. The highest BCUT2D eigenvalue weighted by Crippen LogP contribution is 2.32. The molecule has 0 N–H and O–H groups in total. The highest BCUT2D eigenvalue weighted by atomic mass is 35.5. The number of halogens is 2. The predicted octanol–water partition coefficient (Wildman–Crippen LogP) is 2.61. The molecule has 1 unspecified atom stereocenters. The van der Waals surface area contributed by atoms with E-state index in [2.05, 4.69) is 9.97 Å². The smallest absolute Gasteiger partial charge is 0.225 e.